The van der Waals surface area contributed by atoms with Crippen LogP contribution in [0.25, 0.3) is 0 Å². The third kappa shape index (κ3) is 5.62. The van der Waals surface area contributed by atoms with Crippen molar-refractivity contribution < 1.29 is 24.2 Å². The molecule has 0 spiro atoms. The zero-order valence-electron chi connectivity index (χ0n) is 15.2. The van der Waals surface area contributed by atoms with Gasteiger partial charge in [0.2, 0.25) is 0 Å². The van der Waals surface area contributed by atoms with Gasteiger partial charge in [-0.1, -0.05) is 11.6 Å². The van der Waals surface area contributed by atoms with E-state index in [9.17, 15) is 29.8 Å². The topological polar surface area (TPSA) is 154 Å². The van der Waals surface area contributed by atoms with Crippen LogP contribution in [0, 0.1) is 34.1 Å². The van der Waals surface area contributed by atoms with Crippen molar-refractivity contribution in [2.75, 3.05) is 6.61 Å². The van der Waals surface area contributed by atoms with Gasteiger partial charge in [0.25, 0.3) is 23.2 Å². The fourth-order valence-electron chi connectivity index (χ4n) is 2.31. The second kappa shape index (κ2) is 8.97. The Bertz CT molecular complexity index is 954. The molecule has 2 rings (SSSR count). The summed E-state index contributed by atoms with van der Waals surface area (Å²) < 4.78 is 5.32. The van der Waals surface area contributed by atoms with E-state index >= 15 is 0 Å². The molecule has 0 fully saturated rings. The van der Waals surface area contributed by atoms with Crippen LogP contribution in [0.2, 0.25) is 5.02 Å². The lowest BCUT2D eigenvalue weighted by Gasteiger charge is -2.11. The van der Waals surface area contributed by atoms with Crippen LogP contribution in [0.1, 0.15) is 21.5 Å². The largest absolute Gasteiger partial charge is 0.484 e. The number of halogens is 1. The van der Waals surface area contributed by atoms with E-state index in [1.807, 2.05) is 5.43 Å². The maximum absolute atomic E-state index is 12.1. The van der Waals surface area contributed by atoms with Crippen molar-refractivity contribution in [3.63, 3.8) is 0 Å². The lowest BCUT2D eigenvalue weighted by atomic mass is 10.1. The molecular formula is C17H15ClN4O7. The standard InChI is InChI=1S/C17H15ClN4O7/c1-9-3-14(4-10(2)16(9)18)29-8-15(23)19-20-17(24)11-5-12(21(25)26)7-13(6-11)22(27)28/h3-7H,8H2,1-2H3,(H,19,23)(H,20,24). The molecule has 12 heteroatoms. The fraction of sp³-hybridized carbons (Fsp3) is 0.176. The van der Waals surface area contributed by atoms with E-state index in [2.05, 4.69) is 5.43 Å². The Balaban J connectivity index is 1.99. The number of carbonyl (C=O) groups excluding carboxylic acids is 2. The molecule has 0 aliphatic heterocycles. The van der Waals surface area contributed by atoms with Crippen molar-refractivity contribution in [2.24, 2.45) is 0 Å². The van der Waals surface area contributed by atoms with Crippen molar-refractivity contribution >= 4 is 34.8 Å². The van der Waals surface area contributed by atoms with Crippen LogP contribution < -0.4 is 15.6 Å². The summed E-state index contributed by atoms with van der Waals surface area (Å²) in [5, 5.41) is 22.3. The molecular weight excluding hydrogens is 408 g/mol. The number of rotatable bonds is 6. The summed E-state index contributed by atoms with van der Waals surface area (Å²) in [5.74, 6) is -1.29. The lowest BCUT2D eigenvalue weighted by molar-refractivity contribution is -0.394. The normalized spacial score (nSPS) is 10.2. The Morgan fingerprint density at radius 3 is 1.97 bits per heavy atom. The first kappa shape index (κ1) is 21.6. The highest BCUT2D eigenvalue weighted by atomic mass is 35.5. The Hall–Kier alpha value is -3.73. The van der Waals surface area contributed by atoms with Crippen LogP contribution in [-0.4, -0.2) is 28.3 Å². The first-order valence-electron chi connectivity index (χ1n) is 8.01. The van der Waals surface area contributed by atoms with Gasteiger partial charge in [-0.2, -0.15) is 0 Å². The maximum Gasteiger partial charge on any atom is 0.277 e. The number of hydrogen-bond acceptors (Lipinski definition) is 7. The molecule has 11 nitrogen and oxygen atoms in total. The molecule has 0 radical (unpaired) electrons. The zero-order chi connectivity index (χ0) is 21.7. The number of amides is 2. The fourth-order valence-corrected chi connectivity index (χ4v) is 2.42. The van der Waals surface area contributed by atoms with E-state index in [0.29, 0.717) is 10.8 Å². The van der Waals surface area contributed by atoms with Crippen molar-refractivity contribution in [3.05, 3.63) is 72.3 Å². The minimum atomic E-state index is -0.969. The molecule has 0 saturated heterocycles. The predicted octanol–water partition coefficient (Wildman–Crippen LogP) is 2.61. The molecule has 0 heterocycles. The number of aryl methyl sites for hydroxylation is 2. The molecule has 29 heavy (non-hydrogen) atoms. The summed E-state index contributed by atoms with van der Waals surface area (Å²) in [5.41, 5.74) is 3.98. The highest BCUT2D eigenvalue weighted by Gasteiger charge is 2.20. The highest BCUT2D eigenvalue weighted by Crippen LogP contribution is 2.26. The predicted molar refractivity (Wildman–Crippen MR) is 102 cm³/mol. The molecule has 0 aromatic heterocycles. The third-order valence-electron chi connectivity index (χ3n) is 3.68. The van der Waals surface area contributed by atoms with Gasteiger partial charge in [-0.25, -0.2) is 0 Å². The van der Waals surface area contributed by atoms with Crippen LogP contribution in [0.4, 0.5) is 11.4 Å². The van der Waals surface area contributed by atoms with Crippen LogP contribution in [0.5, 0.6) is 5.75 Å². The van der Waals surface area contributed by atoms with Gasteiger partial charge in [-0.15, -0.1) is 0 Å². The van der Waals surface area contributed by atoms with E-state index in [4.69, 9.17) is 16.3 Å². The van der Waals surface area contributed by atoms with Gasteiger partial charge in [-0.3, -0.25) is 40.7 Å². The molecule has 2 N–H and O–H groups in total. The third-order valence-corrected chi connectivity index (χ3v) is 4.28. The average molecular weight is 423 g/mol. The lowest BCUT2D eigenvalue weighted by Crippen LogP contribution is -2.43. The SMILES string of the molecule is Cc1cc(OCC(=O)NNC(=O)c2cc([N+](=O)[O-])cc([N+](=O)[O-])c2)cc(C)c1Cl. The van der Waals surface area contributed by atoms with Crippen molar-refractivity contribution in [1.82, 2.24) is 10.9 Å². The Kier molecular flexibility index (Phi) is 6.67. The van der Waals surface area contributed by atoms with Crippen LogP contribution in [0.3, 0.4) is 0 Å². The number of benzene rings is 2. The second-order valence-corrected chi connectivity index (χ2v) is 6.29. The van der Waals surface area contributed by atoms with Gasteiger partial charge >= 0.3 is 0 Å². The van der Waals surface area contributed by atoms with Gasteiger partial charge < -0.3 is 4.74 Å². The smallest absolute Gasteiger partial charge is 0.277 e. The number of hydrogen-bond donors (Lipinski definition) is 2. The molecule has 0 aliphatic rings. The number of nitro benzene ring substituents is 2. The van der Waals surface area contributed by atoms with Crippen molar-refractivity contribution in [2.45, 2.75) is 13.8 Å². The van der Waals surface area contributed by atoms with E-state index < -0.39 is 39.6 Å². The number of nitrogens with one attached hydrogen (secondary N) is 2. The van der Waals surface area contributed by atoms with E-state index in [1.54, 1.807) is 26.0 Å². The molecule has 0 saturated carbocycles. The van der Waals surface area contributed by atoms with Crippen molar-refractivity contribution in [1.29, 1.82) is 0 Å². The first-order valence-corrected chi connectivity index (χ1v) is 8.39. The maximum atomic E-state index is 12.1. The molecule has 152 valence electrons. The van der Waals surface area contributed by atoms with Crippen LogP contribution in [0.15, 0.2) is 30.3 Å². The Morgan fingerprint density at radius 2 is 1.48 bits per heavy atom. The molecule has 2 amide bonds. The number of non-ortho nitro benzene ring substituents is 2. The quantitative estimate of drug-likeness (QED) is 0.535. The summed E-state index contributed by atoms with van der Waals surface area (Å²) in [6, 6.07) is 5.71. The average Bonchev–Trinajstić information content (AvgIpc) is 2.67. The second-order valence-electron chi connectivity index (χ2n) is 5.91. The van der Waals surface area contributed by atoms with Gasteiger partial charge in [-0.05, 0) is 37.1 Å². The highest BCUT2D eigenvalue weighted by molar-refractivity contribution is 6.32. The molecule has 0 unspecified atom stereocenters. The summed E-state index contributed by atoms with van der Waals surface area (Å²) in [6.07, 6.45) is 0. The van der Waals surface area contributed by atoms with Crippen LogP contribution in [-0.2, 0) is 4.79 Å². The minimum Gasteiger partial charge on any atom is -0.484 e. The first-order chi connectivity index (χ1) is 13.6. The Morgan fingerprint density at radius 1 is 0.966 bits per heavy atom. The Labute approximate surface area is 168 Å². The minimum absolute atomic E-state index is 0.365. The molecule has 0 atom stereocenters. The number of nitrogens with zero attached hydrogens (tertiary/aromatic N) is 2. The van der Waals surface area contributed by atoms with E-state index in [0.717, 1.165) is 29.3 Å². The molecule has 2 aromatic carbocycles. The number of nitro groups is 2. The summed E-state index contributed by atoms with van der Waals surface area (Å²) in [6.45, 7) is 3.12. The number of ether oxygens (including phenoxy) is 1. The summed E-state index contributed by atoms with van der Waals surface area (Å²) in [7, 11) is 0. The van der Waals surface area contributed by atoms with Gasteiger partial charge in [0.1, 0.15) is 5.75 Å². The number of carbonyl (C=O) groups is 2. The summed E-state index contributed by atoms with van der Waals surface area (Å²) in [4.78, 5) is 43.9. The van der Waals surface area contributed by atoms with Gasteiger partial charge in [0.05, 0.1) is 21.5 Å². The van der Waals surface area contributed by atoms with E-state index in [-0.39, 0.29) is 5.56 Å². The van der Waals surface area contributed by atoms with Gasteiger partial charge in [0, 0.05) is 17.2 Å². The molecule has 2 aromatic rings. The zero-order valence-corrected chi connectivity index (χ0v) is 16.0. The monoisotopic (exact) mass is 422 g/mol. The molecule has 0 bridgehead atoms. The molecule has 0 aliphatic carbocycles. The van der Waals surface area contributed by atoms with Crippen LogP contribution >= 0.6 is 11.6 Å². The van der Waals surface area contributed by atoms with E-state index in [1.165, 1.54) is 0 Å². The summed E-state index contributed by atoms with van der Waals surface area (Å²) >= 11 is 6.05. The van der Waals surface area contributed by atoms with Crippen molar-refractivity contribution in [3.8, 4) is 5.75 Å². The van der Waals surface area contributed by atoms with Gasteiger partial charge in [0.15, 0.2) is 6.61 Å². The number of hydrazine groups is 1.